The zero-order valence-corrected chi connectivity index (χ0v) is 10.7. The molecule has 0 aromatic heterocycles. The first-order valence-electron chi connectivity index (χ1n) is 5.51. The average molecular weight is 266 g/mol. The normalized spacial score (nSPS) is 10.2. The summed E-state index contributed by atoms with van der Waals surface area (Å²) in [7, 11) is 1.57. The maximum atomic E-state index is 12.8. The molecule has 0 spiro atoms. The van der Waals surface area contributed by atoms with Crippen molar-refractivity contribution in [2.75, 3.05) is 12.4 Å². The Morgan fingerprint density at radius 3 is 2.56 bits per heavy atom. The van der Waals surface area contributed by atoms with Gasteiger partial charge in [-0.3, -0.25) is 0 Å². The molecule has 0 atom stereocenters. The number of benzene rings is 2. The van der Waals surface area contributed by atoms with Gasteiger partial charge in [0.2, 0.25) is 0 Å². The van der Waals surface area contributed by atoms with Crippen LogP contribution in [0.3, 0.4) is 0 Å². The van der Waals surface area contributed by atoms with Crippen LogP contribution in [0.15, 0.2) is 42.5 Å². The molecule has 0 bridgehead atoms. The van der Waals surface area contributed by atoms with Gasteiger partial charge < -0.3 is 10.1 Å². The molecule has 2 aromatic carbocycles. The van der Waals surface area contributed by atoms with E-state index in [-0.39, 0.29) is 5.82 Å². The molecule has 0 aliphatic heterocycles. The Labute approximate surface area is 110 Å². The molecule has 1 N–H and O–H groups in total. The van der Waals surface area contributed by atoms with Crippen molar-refractivity contribution in [2.24, 2.45) is 0 Å². The summed E-state index contributed by atoms with van der Waals surface area (Å²) in [5.41, 5.74) is 1.80. The van der Waals surface area contributed by atoms with Gasteiger partial charge in [-0.25, -0.2) is 4.39 Å². The fourth-order valence-corrected chi connectivity index (χ4v) is 1.91. The Hall–Kier alpha value is -1.74. The molecule has 18 heavy (non-hydrogen) atoms. The molecule has 0 heterocycles. The first-order chi connectivity index (χ1) is 8.70. The molecule has 0 saturated heterocycles. The Balaban J connectivity index is 2.10. The Kier molecular flexibility index (Phi) is 4.05. The van der Waals surface area contributed by atoms with Crippen LogP contribution in [0, 0.1) is 5.82 Å². The third-order valence-electron chi connectivity index (χ3n) is 2.57. The van der Waals surface area contributed by atoms with E-state index in [4.69, 9.17) is 16.3 Å². The predicted octanol–water partition coefficient (Wildman–Crippen LogP) is 4.10. The van der Waals surface area contributed by atoms with Crippen molar-refractivity contribution in [2.45, 2.75) is 6.54 Å². The summed E-state index contributed by atoms with van der Waals surface area (Å²) in [5.74, 6) is 0.375. The van der Waals surface area contributed by atoms with Gasteiger partial charge in [0.05, 0.1) is 17.8 Å². The zero-order valence-electron chi connectivity index (χ0n) is 9.91. The van der Waals surface area contributed by atoms with Gasteiger partial charge in [0.25, 0.3) is 0 Å². The van der Waals surface area contributed by atoms with E-state index in [0.29, 0.717) is 17.3 Å². The smallest absolute Gasteiger partial charge is 0.160 e. The van der Waals surface area contributed by atoms with Crippen LogP contribution in [-0.4, -0.2) is 7.11 Å². The molecule has 4 heteroatoms. The zero-order chi connectivity index (χ0) is 13.0. The minimum Gasteiger partial charge on any atom is -0.493 e. The van der Waals surface area contributed by atoms with Gasteiger partial charge >= 0.3 is 0 Å². The average Bonchev–Trinajstić information content (AvgIpc) is 2.38. The van der Waals surface area contributed by atoms with Crippen molar-refractivity contribution in [1.82, 2.24) is 0 Å². The minimum atomic E-state index is -0.237. The van der Waals surface area contributed by atoms with Crippen LogP contribution in [0.25, 0.3) is 0 Å². The van der Waals surface area contributed by atoms with Gasteiger partial charge in [0, 0.05) is 6.54 Å². The number of methoxy groups -OCH3 is 1. The highest BCUT2D eigenvalue weighted by Gasteiger charge is 2.06. The monoisotopic (exact) mass is 265 g/mol. The predicted molar refractivity (Wildman–Crippen MR) is 71.7 cm³/mol. The largest absolute Gasteiger partial charge is 0.493 e. The molecule has 2 rings (SSSR count). The van der Waals surface area contributed by atoms with Gasteiger partial charge in [-0.15, -0.1) is 0 Å². The second-order valence-electron chi connectivity index (χ2n) is 3.80. The van der Waals surface area contributed by atoms with Crippen LogP contribution in [0.4, 0.5) is 10.1 Å². The van der Waals surface area contributed by atoms with Crippen LogP contribution in [0.5, 0.6) is 5.75 Å². The Bertz CT molecular complexity index is 528. The van der Waals surface area contributed by atoms with Crippen molar-refractivity contribution in [3.05, 3.63) is 58.9 Å². The topological polar surface area (TPSA) is 21.3 Å². The SMILES string of the molecule is COc1c(Cl)cccc1NCc1ccc(F)cc1. The highest BCUT2D eigenvalue weighted by molar-refractivity contribution is 6.32. The van der Waals surface area contributed by atoms with Gasteiger partial charge in [-0.2, -0.15) is 0 Å². The molecule has 2 nitrogen and oxygen atoms in total. The van der Waals surface area contributed by atoms with Crippen molar-refractivity contribution >= 4 is 17.3 Å². The summed E-state index contributed by atoms with van der Waals surface area (Å²) in [6.07, 6.45) is 0. The van der Waals surface area contributed by atoms with Gasteiger partial charge in [0.1, 0.15) is 5.82 Å². The first-order valence-corrected chi connectivity index (χ1v) is 5.89. The number of para-hydroxylation sites is 1. The number of halogens is 2. The lowest BCUT2D eigenvalue weighted by Crippen LogP contribution is -2.01. The van der Waals surface area contributed by atoms with Gasteiger partial charge in [-0.05, 0) is 29.8 Å². The summed E-state index contributed by atoms with van der Waals surface area (Å²) >= 11 is 6.02. The third-order valence-corrected chi connectivity index (χ3v) is 2.86. The number of hydrogen-bond acceptors (Lipinski definition) is 2. The molecular formula is C14H13ClFNO. The molecule has 0 radical (unpaired) electrons. The molecule has 94 valence electrons. The minimum absolute atomic E-state index is 0.237. The molecule has 0 saturated carbocycles. The summed E-state index contributed by atoms with van der Waals surface area (Å²) in [5, 5.41) is 3.77. The Morgan fingerprint density at radius 2 is 1.89 bits per heavy atom. The van der Waals surface area contributed by atoms with E-state index >= 15 is 0 Å². The number of hydrogen-bond donors (Lipinski definition) is 1. The lowest BCUT2D eigenvalue weighted by Gasteiger charge is -2.12. The quantitative estimate of drug-likeness (QED) is 0.899. The van der Waals surface area contributed by atoms with E-state index in [0.717, 1.165) is 11.3 Å². The molecule has 2 aromatic rings. The molecular weight excluding hydrogens is 253 g/mol. The van der Waals surface area contributed by atoms with E-state index in [1.54, 1.807) is 25.3 Å². The van der Waals surface area contributed by atoms with E-state index in [1.807, 2.05) is 12.1 Å². The lowest BCUT2D eigenvalue weighted by molar-refractivity contribution is 0.416. The van der Waals surface area contributed by atoms with Crippen molar-refractivity contribution < 1.29 is 9.13 Å². The van der Waals surface area contributed by atoms with E-state index in [9.17, 15) is 4.39 Å². The molecule has 0 aliphatic rings. The standard InChI is InChI=1S/C14H13ClFNO/c1-18-14-12(15)3-2-4-13(14)17-9-10-5-7-11(16)8-6-10/h2-8,17H,9H2,1H3. The van der Waals surface area contributed by atoms with Crippen molar-refractivity contribution in [3.8, 4) is 5.75 Å². The first kappa shape index (κ1) is 12.7. The Morgan fingerprint density at radius 1 is 1.17 bits per heavy atom. The maximum absolute atomic E-state index is 12.8. The van der Waals surface area contributed by atoms with Crippen LogP contribution in [-0.2, 0) is 6.54 Å². The highest BCUT2D eigenvalue weighted by Crippen LogP contribution is 2.32. The van der Waals surface area contributed by atoms with E-state index in [1.165, 1.54) is 12.1 Å². The number of nitrogens with one attached hydrogen (secondary N) is 1. The maximum Gasteiger partial charge on any atom is 0.160 e. The second kappa shape index (κ2) is 5.74. The summed E-state index contributed by atoms with van der Waals surface area (Å²) < 4.78 is 18.0. The summed E-state index contributed by atoms with van der Waals surface area (Å²) in [6, 6.07) is 11.8. The number of ether oxygens (including phenoxy) is 1. The van der Waals surface area contributed by atoms with Crippen LogP contribution in [0.1, 0.15) is 5.56 Å². The molecule has 0 amide bonds. The number of rotatable bonds is 4. The number of anilines is 1. The third kappa shape index (κ3) is 2.93. The molecule has 0 fully saturated rings. The fourth-order valence-electron chi connectivity index (χ4n) is 1.66. The molecule has 0 unspecified atom stereocenters. The fraction of sp³-hybridized carbons (Fsp3) is 0.143. The summed E-state index contributed by atoms with van der Waals surface area (Å²) in [4.78, 5) is 0. The van der Waals surface area contributed by atoms with Gasteiger partial charge in [-0.1, -0.05) is 29.8 Å². The molecule has 0 aliphatic carbocycles. The highest BCUT2D eigenvalue weighted by atomic mass is 35.5. The van der Waals surface area contributed by atoms with Crippen LogP contribution in [0.2, 0.25) is 5.02 Å². The van der Waals surface area contributed by atoms with Crippen LogP contribution >= 0.6 is 11.6 Å². The lowest BCUT2D eigenvalue weighted by atomic mass is 10.2. The van der Waals surface area contributed by atoms with Crippen molar-refractivity contribution in [1.29, 1.82) is 0 Å². The van der Waals surface area contributed by atoms with Crippen LogP contribution < -0.4 is 10.1 Å². The summed E-state index contributed by atoms with van der Waals surface area (Å²) in [6.45, 7) is 0.580. The van der Waals surface area contributed by atoms with E-state index < -0.39 is 0 Å². The van der Waals surface area contributed by atoms with E-state index in [2.05, 4.69) is 5.32 Å². The van der Waals surface area contributed by atoms with Gasteiger partial charge in [0.15, 0.2) is 5.75 Å². The van der Waals surface area contributed by atoms with Crippen molar-refractivity contribution in [3.63, 3.8) is 0 Å². The second-order valence-corrected chi connectivity index (χ2v) is 4.21.